The third kappa shape index (κ3) is 2.44. The Kier molecular flexibility index (Phi) is 3.27. The van der Waals surface area contributed by atoms with Crippen LogP contribution in [0.2, 0.25) is 0 Å². The van der Waals surface area contributed by atoms with E-state index in [1.165, 1.54) is 4.88 Å². The zero-order chi connectivity index (χ0) is 15.3. The average molecular weight is 378 g/mol. The highest BCUT2D eigenvalue weighted by Crippen LogP contribution is 2.41. The second-order valence-electron chi connectivity index (χ2n) is 6.17. The van der Waals surface area contributed by atoms with Crippen LogP contribution < -0.4 is 9.64 Å². The summed E-state index contributed by atoms with van der Waals surface area (Å²) in [5.41, 5.74) is 2.18. The molecule has 2 aromatic rings. The summed E-state index contributed by atoms with van der Waals surface area (Å²) in [7, 11) is 0. The van der Waals surface area contributed by atoms with Crippen molar-refractivity contribution in [3.05, 3.63) is 33.2 Å². The first kappa shape index (κ1) is 14.2. The second-order valence-corrected chi connectivity index (χ2v) is 8.09. The highest BCUT2D eigenvalue weighted by Gasteiger charge is 2.28. The zero-order valence-electron chi connectivity index (χ0n) is 12.5. The summed E-state index contributed by atoms with van der Waals surface area (Å²) in [4.78, 5) is 12.9. The van der Waals surface area contributed by atoms with Gasteiger partial charge in [-0.1, -0.05) is 27.3 Å². The summed E-state index contributed by atoms with van der Waals surface area (Å²) >= 11 is 5.25. The molecule has 0 unspecified atom stereocenters. The number of aromatic nitrogens is 1. The van der Waals surface area contributed by atoms with E-state index in [1.807, 2.05) is 18.3 Å². The summed E-state index contributed by atoms with van der Waals surface area (Å²) in [5.74, 6) is 0.914. The highest BCUT2D eigenvalue weighted by atomic mass is 79.9. The van der Waals surface area contributed by atoms with Crippen LogP contribution in [0.5, 0.6) is 5.75 Å². The van der Waals surface area contributed by atoms with Crippen LogP contribution >= 0.6 is 27.3 Å². The van der Waals surface area contributed by atoms with E-state index in [9.17, 15) is 0 Å². The Morgan fingerprint density at radius 2 is 2.23 bits per heavy atom. The number of fused-ring (bicyclic) bond motifs is 2. The van der Waals surface area contributed by atoms with Gasteiger partial charge in [-0.15, -0.1) is 0 Å². The molecule has 0 fully saturated rings. The number of nitrogens with zero attached hydrogens (tertiary/aromatic N) is 3. The molecule has 0 N–H and O–H groups in total. The topological polar surface area (TPSA) is 37.7 Å². The van der Waals surface area contributed by atoms with Gasteiger partial charge in [-0.3, -0.25) is 4.99 Å². The largest absolute Gasteiger partial charge is 0.490 e. The fraction of sp³-hybridized carbons (Fsp3) is 0.375. The molecular formula is C16H16BrN3OS. The van der Waals surface area contributed by atoms with Crippen molar-refractivity contribution in [2.75, 3.05) is 18.1 Å². The molecular weight excluding hydrogens is 362 g/mol. The van der Waals surface area contributed by atoms with Crippen molar-refractivity contribution in [3.8, 4) is 5.75 Å². The van der Waals surface area contributed by atoms with Crippen LogP contribution in [-0.2, 0) is 6.42 Å². The van der Waals surface area contributed by atoms with Crippen molar-refractivity contribution < 1.29 is 4.74 Å². The molecule has 1 aromatic heterocycles. The van der Waals surface area contributed by atoms with Gasteiger partial charge in [0.15, 0.2) is 5.13 Å². The van der Waals surface area contributed by atoms with Gasteiger partial charge in [0.05, 0.1) is 28.3 Å². The number of halogens is 1. The van der Waals surface area contributed by atoms with Crippen LogP contribution in [0.1, 0.15) is 24.4 Å². The van der Waals surface area contributed by atoms with Gasteiger partial charge in [0, 0.05) is 17.1 Å². The van der Waals surface area contributed by atoms with Crippen LogP contribution in [0, 0.1) is 0 Å². The molecule has 0 amide bonds. The molecule has 4 nitrogen and oxygen atoms in total. The molecule has 0 atom stereocenters. The molecule has 2 aliphatic rings. The van der Waals surface area contributed by atoms with E-state index in [-0.39, 0.29) is 5.54 Å². The standard InChI is InChI=1S/C16H16BrN3OS/c1-16(2)8-11-14(9-18-16)22-15(19-11)20-5-6-21-13-4-3-10(17)7-12(13)20/h3-4,7,9H,5-6,8H2,1-2H3. The maximum atomic E-state index is 5.75. The molecule has 3 heterocycles. The van der Waals surface area contributed by atoms with Crippen molar-refractivity contribution in [1.82, 2.24) is 4.98 Å². The smallest absolute Gasteiger partial charge is 0.190 e. The fourth-order valence-corrected chi connectivity index (χ4v) is 4.11. The van der Waals surface area contributed by atoms with E-state index in [0.717, 1.165) is 39.7 Å². The molecule has 6 heteroatoms. The van der Waals surface area contributed by atoms with Gasteiger partial charge in [0.1, 0.15) is 12.4 Å². The Bertz CT molecular complexity index is 769. The number of hydrogen-bond acceptors (Lipinski definition) is 5. The van der Waals surface area contributed by atoms with Crippen LogP contribution in [0.15, 0.2) is 27.7 Å². The van der Waals surface area contributed by atoms with E-state index in [4.69, 9.17) is 9.72 Å². The summed E-state index contributed by atoms with van der Waals surface area (Å²) < 4.78 is 6.80. The first-order chi connectivity index (χ1) is 10.5. The van der Waals surface area contributed by atoms with E-state index in [1.54, 1.807) is 11.3 Å². The van der Waals surface area contributed by atoms with E-state index < -0.39 is 0 Å². The van der Waals surface area contributed by atoms with Crippen LogP contribution in [0.25, 0.3) is 0 Å². The van der Waals surface area contributed by atoms with E-state index >= 15 is 0 Å². The Balaban J connectivity index is 1.75. The van der Waals surface area contributed by atoms with Gasteiger partial charge in [0.2, 0.25) is 0 Å². The van der Waals surface area contributed by atoms with Crippen LogP contribution in [-0.4, -0.2) is 29.9 Å². The maximum absolute atomic E-state index is 5.75. The molecule has 1 aromatic carbocycles. The van der Waals surface area contributed by atoms with Gasteiger partial charge in [-0.2, -0.15) is 0 Å². The number of anilines is 2. The average Bonchev–Trinajstić information content (AvgIpc) is 2.88. The number of rotatable bonds is 1. The lowest BCUT2D eigenvalue weighted by molar-refractivity contribution is 0.314. The van der Waals surface area contributed by atoms with E-state index in [0.29, 0.717) is 6.61 Å². The highest BCUT2D eigenvalue weighted by molar-refractivity contribution is 9.10. The van der Waals surface area contributed by atoms with Crippen molar-refractivity contribution in [2.24, 2.45) is 4.99 Å². The minimum atomic E-state index is -0.0513. The molecule has 22 heavy (non-hydrogen) atoms. The van der Waals surface area contributed by atoms with Gasteiger partial charge in [-0.25, -0.2) is 4.98 Å². The summed E-state index contributed by atoms with van der Waals surface area (Å²) in [5, 5.41) is 1.02. The Labute approximate surface area is 142 Å². The molecule has 0 saturated heterocycles. The first-order valence-corrected chi connectivity index (χ1v) is 8.88. The van der Waals surface area contributed by atoms with E-state index in [2.05, 4.69) is 45.7 Å². The number of ether oxygens (including phenoxy) is 1. The summed E-state index contributed by atoms with van der Waals surface area (Å²) in [6.45, 7) is 5.79. The SMILES string of the molecule is CC1(C)Cc2nc(N3CCOc4ccc(Br)cc43)sc2C=N1. The van der Waals surface area contributed by atoms with Gasteiger partial charge in [0.25, 0.3) is 0 Å². The molecule has 2 aliphatic heterocycles. The lowest BCUT2D eigenvalue weighted by Crippen LogP contribution is -2.28. The third-order valence-corrected chi connectivity index (χ3v) is 5.41. The molecule has 114 valence electrons. The Hall–Kier alpha value is -1.40. The Morgan fingerprint density at radius 1 is 1.36 bits per heavy atom. The van der Waals surface area contributed by atoms with Gasteiger partial charge < -0.3 is 9.64 Å². The molecule has 0 spiro atoms. The normalized spacial score (nSPS) is 18.6. The monoisotopic (exact) mass is 377 g/mol. The lowest BCUT2D eigenvalue weighted by Gasteiger charge is -2.29. The molecule has 0 radical (unpaired) electrons. The predicted molar refractivity (Wildman–Crippen MR) is 94.1 cm³/mol. The zero-order valence-corrected chi connectivity index (χ0v) is 14.9. The minimum Gasteiger partial charge on any atom is -0.490 e. The number of hydrogen-bond donors (Lipinski definition) is 0. The molecule has 4 rings (SSSR count). The van der Waals surface area contributed by atoms with Gasteiger partial charge >= 0.3 is 0 Å². The van der Waals surface area contributed by atoms with Crippen molar-refractivity contribution in [3.63, 3.8) is 0 Å². The quantitative estimate of drug-likeness (QED) is 0.747. The summed E-state index contributed by atoms with van der Waals surface area (Å²) in [6, 6.07) is 6.10. The molecule has 0 saturated carbocycles. The Morgan fingerprint density at radius 3 is 3.09 bits per heavy atom. The fourth-order valence-electron chi connectivity index (χ4n) is 2.77. The van der Waals surface area contributed by atoms with Crippen LogP contribution in [0.4, 0.5) is 10.8 Å². The number of thiazole rings is 1. The maximum Gasteiger partial charge on any atom is 0.190 e. The summed E-state index contributed by atoms with van der Waals surface area (Å²) in [6.07, 6.45) is 2.87. The van der Waals surface area contributed by atoms with Crippen molar-refractivity contribution in [2.45, 2.75) is 25.8 Å². The lowest BCUT2D eigenvalue weighted by atomic mass is 9.97. The second kappa shape index (κ2) is 5.06. The predicted octanol–water partition coefficient (Wildman–Crippen LogP) is 4.19. The van der Waals surface area contributed by atoms with Crippen molar-refractivity contribution in [1.29, 1.82) is 0 Å². The molecule has 0 bridgehead atoms. The number of aliphatic imine (C=N–C) groups is 1. The third-order valence-electron chi connectivity index (χ3n) is 3.86. The number of benzene rings is 1. The van der Waals surface area contributed by atoms with Crippen LogP contribution in [0.3, 0.4) is 0 Å². The first-order valence-electron chi connectivity index (χ1n) is 7.27. The van der Waals surface area contributed by atoms with Crippen molar-refractivity contribution >= 4 is 44.3 Å². The minimum absolute atomic E-state index is 0.0513. The van der Waals surface area contributed by atoms with Gasteiger partial charge in [-0.05, 0) is 32.0 Å². The molecule has 0 aliphatic carbocycles.